The highest BCUT2D eigenvalue weighted by Crippen LogP contribution is 2.24. The highest BCUT2D eigenvalue weighted by atomic mass is 35.5. The molecule has 0 aliphatic carbocycles. The van der Waals surface area contributed by atoms with E-state index in [9.17, 15) is 4.79 Å². The number of hydrogen-bond donors (Lipinski definition) is 1. The molecule has 152 valence electrons. The maximum absolute atomic E-state index is 12.4. The van der Waals surface area contributed by atoms with E-state index in [2.05, 4.69) is 71.5 Å². The van der Waals surface area contributed by atoms with Gasteiger partial charge in [0.25, 0.3) is 0 Å². The van der Waals surface area contributed by atoms with Crippen molar-refractivity contribution in [3.05, 3.63) is 106 Å². The first-order valence-corrected chi connectivity index (χ1v) is 10.6. The normalized spacial score (nSPS) is 11.0. The van der Waals surface area contributed by atoms with Gasteiger partial charge < -0.3 is 9.88 Å². The van der Waals surface area contributed by atoms with Crippen molar-refractivity contribution >= 4 is 28.4 Å². The Morgan fingerprint density at radius 2 is 1.77 bits per heavy atom. The van der Waals surface area contributed by atoms with Gasteiger partial charge in [-0.25, -0.2) is 0 Å². The van der Waals surface area contributed by atoms with Crippen LogP contribution < -0.4 is 5.32 Å². The lowest BCUT2D eigenvalue weighted by Gasteiger charge is -2.08. The summed E-state index contributed by atoms with van der Waals surface area (Å²) in [6.45, 7) is 3.47. The van der Waals surface area contributed by atoms with Crippen LogP contribution in [-0.2, 0) is 24.3 Å². The first-order chi connectivity index (χ1) is 14.6. The summed E-state index contributed by atoms with van der Waals surface area (Å²) in [5, 5.41) is 4.89. The molecule has 30 heavy (non-hydrogen) atoms. The van der Waals surface area contributed by atoms with Crippen LogP contribution in [0.5, 0.6) is 0 Å². The summed E-state index contributed by atoms with van der Waals surface area (Å²) in [5.41, 5.74) is 6.01. The molecule has 3 aromatic carbocycles. The molecular weight excluding hydrogens is 392 g/mol. The Bertz CT molecular complexity index is 1180. The summed E-state index contributed by atoms with van der Waals surface area (Å²) in [7, 11) is 0. The first kappa shape index (κ1) is 20.2. The van der Waals surface area contributed by atoms with Crippen LogP contribution in [0.4, 0.5) is 0 Å². The minimum Gasteiger partial charge on any atom is -0.352 e. The molecule has 0 aliphatic rings. The van der Waals surface area contributed by atoms with Crippen LogP contribution in [0.15, 0.2) is 79.0 Å². The fourth-order valence-corrected chi connectivity index (χ4v) is 4.02. The number of nitrogens with one attached hydrogen (secondary N) is 1. The lowest BCUT2D eigenvalue weighted by atomic mass is 10.1. The quantitative estimate of drug-likeness (QED) is 0.399. The molecule has 0 spiro atoms. The van der Waals surface area contributed by atoms with E-state index in [0.29, 0.717) is 24.4 Å². The van der Waals surface area contributed by atoms with E-state index < -0.39 is 0 Å². The van der Waals surface area contributed by atoms with Crippen molar-refractivity contribution in [2.75, 3.05) is 0 Å². The molecule has 0 radical (unpaired) electrons. The van der Waals surface area contributed by atoms with E-state index in [0.717, 1.165) is 12.1 Å². The van der Waals surface area contributed by atoms with Crippen LogP contribution in [-0.4, -0.2) is 10.5 Å². The van der Waals surface area contributed by atoms with Crippen molar-refractivity contribution in [2.45, 2.75) is 32.9 Å². The third kappa shape index (κ3) is 4.74. The molecule has 1 aromatic heterocycles. The summed E-state index contributed by atoms with van der Waals surface area (Å²) in [5.74, 6) is 0.0470. The van der Waals surface area contributed by atoms with Crippen molar-refractivity contribution in [1.82, 2.24) is 9.88 Å². The SMILES string of the molecule is Cc1ccccc1Cn1cc(CCC(=O)NCc2cccc(Cl)c2)c2ccccc21. The van der Waals surface area contributed by atoms with E-state index in [1.165, 1.54) is 27.6 Å². The molecule has 0 bridgehead atoms. The fourth-order valence-electron chi connectivity index (χ4n) is 3.81. The van der Waals surface area contributed by atoms with Crippen LogP contribution in [0, 0.1) is 6.92 Å². The van der Waals surface area contributed by atoms with Gasteiger partial charge in [-0.2, -0.15) is 0 Å². The number of halogens is 1. The Morgan fingerprint density at radius 1 is 0.967 bits per heavy atom. The molecule has 4 rings (SSSR count). The standard InChI is InChI=1S/C26H25ClN2O/c1-19-7-2-3-9-21(19)17-29-18-22(24-11-4-5-12-25(24)29)13-14-26(30)28-16-20-8-6-10-23(27)15-20/h2-12,15,18H,13-14,16-17H2,1H3,(H,28,30). The number of carbonyl (C=O) groups excluding carboxylic acids is 1. The second-order valence-corrected chi connectivity index (χ2v) is 8.07. The second kappa shape index (κ2) is 9.19. The fraction of sp³-hybridized carbons (Fsp3) is 0.192. The predicted molar refractivity (Wildman–Crippen MR) is 124 cm³/mol. The van der Waals surface area contributed by atoms with Crippen LogP contribution in [0.2, 0.25) is 5.02 Å². The number of carbonyl (C=O) groups is 1. The number of aromatic nitrogens is 1. The summed E-state index contributed by atoms with van der Waals surface area (Å²) in [6, 6.07) is 24.5. The van der Waals surface area contributed by atoms with Gasteiger partial charge in [-0.1, -0.05) is 66.2 Å². The average Bonchev–Trinajstić information content (AvgIpc) is 3.10. The molecule has 1 amide bonds. The van der Waals surface area contributed by atoms with Gasteiger partial charge in [0.15, 0.2) is 0 Å². The number of benzene rings is 3. The van der Waals surface area contributed by atoms with Gasteiger partial charge in [0.2, 0.25) is 5.91 Å². The molecule has 3 nitrogen and oxygen atoms in total. The number of hydrogen-bond acceptors (Lipinski definition) is 1. The van der Waals surface area contributed by atoms with Crippen molar-refractivity contribution in [3.63, 3.8) is 0 Å². The number of para-hydroxylation sites is 1. The predicted octanol–water partition coefficient (Wildman–Crippen LogP) is 5.90. The van der Waals surface area contributed by atoms with Gasteiger partial charge in [-0.15, -0.1) is 0 Å². The minimum atomic E-state index is 0.0470. The number of rotatable bonds is 7. The van der Waals surface area contributed by atoms with Crippen molar-refractivity contribution in [2.24, 2.45) is 0 Å². The Morgan fingerprint density at radius 3 is 2.60 bits per heavy atom. The van der Waals surface area contributed by atoms with Gasteiger partial charge in [0.05, 0.1) is 0 Å². The highest BCUT2D eigenvalue weighted by Gasteiger charge is 2.11. The van der Waals surface area contributed by atoms with Gasteiger partial charge >= 0.3 is 0 Å². The van der Waals surface area contributed by atoms with Crippen molar-refractivity contribution < 1.29 is 4.79 Å². The molecule has 4 aromatic rings. The Labute approximate surface area is 182 Å². The number of amides is 1. The zero-order valence-corrected chi connectivity index (χ0v) is 17.8. The smallest absolute Gasteiger partial charge is 0.220 e. The van der Waals surface area contributed by atoms with E-state index in [-0.39, 0.29) is 5.91 Å². The summed E-state index contributed by atoms with van der Waals surface area (Å²) in [6.07, 6.45) is 3.36. The second-order valence-electron chi connectivity index (χ2n) is 7.63. The zero-order chi connectivity index (χ0) is 20.9. The molecule has 0 fully saturated rings. The average molecular weight is 417 g/mol. The molecule has 1 N–H and O–H groups in total. The number of nitrogens with zero attached hydrogens (tertiary/aromatic N) is 1. The monoisotopic (exact) mass is 416 g/mol. The van der Waals surface area contributed by atoms with Crippen LogP contribution >= 0.6 is 11.6 Å². The van der Waals surface area contributed by atoms with E-state index in [1.54, 1.807) is 0 Å². The minimum absolute atomic E-state index is 0.0470. The Kier molecular flexibility index (Phi) is 6.20. The maximum atomic E-state index is 12.4. The zero-order valence-electron chi connectivity index (χ0n) is 17.1. The lowest BCUT2D eigenvalue weighted by Crippen LogP contribution is -2.22. The van der Waals surface area contributed by atoms with Gasteiger partial charge in [-0.3, -0.25) is 4.79 Å². The van der Waals surface area contributed by atoms with Crippen LogP contribution in [0.1, 0.15) is 28.7 Å². The third-order valence-electron chi connectivity index (χ3n) is 5.47. The maximum Gasteiger partial charge on any atom is 0.220 e. The largest absolute Gasteiger partial charge is 0.352 e. The van der Waals surface area contributed by atoms with Crippen molar-refractivity contribution in [3.8, 4) is 0 Å². The molecule has 0 unspecified atom stereocenters. The molecule has 0 saturated heterocycles. The van der Waals surface area contributed by atoms with Crippen LogP contribution in [0.25, 0.3) is 10.9 Å². The molecule has 0 saturated carbocycles. The summed E-state index contributed by atoms with van der Waals surface area (Å²) < 4.78 is 2.29. The van der Waals surface area contributed by atoms with Gasteiger partial charge in [-0.05, 0) is 53.8 Å². The number of aryl methyl sites for hydroxylation is 2. The molecule has 0 atom stereocenters. The van der Waals surface area contributed by atoms with Crippen molar-refractivity contribution in [1.29, 1.82) is 0 Å². The number of fused-ring (bicyclic) bond motifs is 1. The van der Waals surface area contributed by atoms with Crippen LogP contribution in [0.3, 0.4) is 0 Å². The van der Waals surface area contributed by atoms with E-state index in [1.807, 2.05) is 24.3 Å². The summed E-state index contributed by atoms with van der Waals surface area (Å²) in [4.78, 5) is 12.4. The molecule has 0 aliphatic heterocycles. The van der Waals surface area contributed by atoms with E-state index in [4.69, 9.17) is 11.6 Å². The van der Waals surface area contributed by atoms with E-state index >= 15 is 0 Å². The third-order valence-corrected chi connectivity index (χ3v) is 5.71. The first-order valence-electron chi connectivity index (χ1n) is 10.2. The topological polar surface area (TPSA) is 34.0 Å². The molecule has 1 heterocycles. The lowest BCUT2D eigenvalue weighted by molar-refractivity contribution is -0.121. The Balaban J connectivity index is 1.45. The Hall–Kier alpha value is -3.04. The van der Waals surface area contributed by atoms with Gasteiger partial charge in [0.1, 0.15) is 0 Å². The van der Waals surface area contributed by atoms with Gasteiger partial charge in [0, 0.05) is 41.6 Å². The molecular formula is C26H25ClN2O. The summed E-state index contributed by atoms with van der Waals surface area (Å²) >= 11 is 6.01. The highest BCUT2D eigenvalue weighted by molar-refractivity contribution is 6.30. The molecule has 4 heteroatoms.